The first-order chi connectivity index (χ1) is 10.2. The normalized spacial score (nSPS) is 9.81. The summed E-state index contributed by atoms with van der Waals surface area (Å²) in [5, 5.41) is 8.79. The molecule has 21 heavy (non-hydrogen) atoms. The van der Waals surface area contributed by atoms with Crippen LogP contribution in [0, 0.1) is 11.3 Å². The molecule has 0 spiro atoms. The Bertz CT molecular complexity index is 625. The van der Waals surface area contributed by atoms with Crippen LogP contribution in [0.5, 0.6) is 11.5 Å². The van der Waals surface area contributed by atoms with Crippen molar-refractivity contribution in [2.24, 2.45) is 0 Å². The molecule has 0 bridgehead atoms. The largest absolute Gasteiger partial charge is 0.497 e. The van der Waals surface area contributed by atoms with Gasteiger partial charge in [-0.15, -0.1) is 0 Å². The Morgan fingerprint density at radius 1 is 1.14 bits per heavy atom. The van der Waals surface area contributed by atoms with Gasteiger partial charge in [0.1, 0.15) is 23.4 Å². The zero-order valence-electron chi connectivity index (χ0n) is 12.3. The van der Waals surface area contributed by atoms with E-state index in [9.17, 15) is 0 Å². The van der Waals surface area contributed by atoms with Crippen LogP contribution in [0.3, 0.4) is 0 Å². The lowest BCUT2D eigenvalue weighted by atomic mass is 10.2. The first-order valence-electron chi connectivity index (χ1n) is 6.45. The fourth-order valence-electron chi connectivity index (χ4n) is 1.99. The maximum atomic E-state index is 8.79. The van der Waals surface area contributed by atoms with Crippen molar-refractivity contribution in [3.05, 3.63) is 47.7 Å². The van der Waals surface area contributed by atoms with Crippen molar-refractivity contribution in [2.45, 2.75) is 6.54 Å². The van der Waals surface area contributed by atoms with Crippen LogP contribution in [0.1, 0.15) is 11.1 Å². The maximum absolute atomic E-state index is 8.79. The molecule has 0 saturated carbocycles. The molecule has 1 heterocycles. The molecule has 5 nitrogen and oxygen atoms in total. The molecule has 1 aromatic heterocycles. The van der Waals surface area contributed by atoms with Gasteiger partial charge in [0.15, 0.2) is 0 Å². The van der Waals surface area contributed by atoms with Crippen LogP contribution >= 0.6 is 0 Å². The second kappa shape index (κ2) is 6.62. The molecule has 0 radical (unpaired) electrons. The van der Waals surface area contributed by atoms with Crippen molar-refractivity contribution >= 4 is 5.82 Å². The lowest BCUT2D eigenvalue weighted by molar-refractivity contribution is 0.393. The molecule has 1 aromatic carbocycles. The van der Waals surface area contributed by atoms with Crippen LogP contribution in [0.15, 0.2) is 36.5 Å². The number of hydrogen-bond acceptors (Lipinski definition) is 5. The first kappa shape index (κ1) is 14.7. The summed E-state index contributed by atoms with van der Waals surface area (Å²) in [5.41, 5.74) is 1.61. The van der Waals surface area contributed by atoms with Gasteiger partial charge in [-0.2, -0.15) is 5.26 Å². The van der Waals surface area contributed by atoms with Crippen molar-refractivity contribution in [1.82, 2.24) is 4.98 Å². The summed E-state index contributed by atoms with van der Waals surface area (Å²) in [7, 11) is 5.20. The molecular formula is C16H17N3O2. The van der Waals surface area contributed by atoms with Crippen molar-refractivity contribution in [1.29, 1.82) is 5.26 Å². The monoisotopic (exact) mass is 283 g/mol. The van der Waals surface area contributed by atoms with E-state index in [-0.39, 0.29) is 0 Å². The number of ether oxygens (including phenoxy) is 2. The zero-order chi connectivity index (χ0) is 15.2. The number of methoxy groups -OCH3 is 2. The van der Waals surface area contributed by atoms with Crippen molar-refractivity contribution < 1.29 is 9.47 Å². The van der Waals surface area contributed by atoms with Crippen LogP contribution in [0.4, 0.5) is 5.82 Å². The highest BCUT2D eigenvalue weighted by molar-refractivity contribution is 5.44. The summed E-state index contributed by atoms with van der Waals surface area (Å²) in [4.78, 5) is 6.27. The van der Waals surface area contributed by atoms with Gasteiger partial charge in [-0.3, -0.25) is 0 Å². The van der Waals surface area contributed by atoms with Gasteiger partial charge >= 0.3 is 0 Å². The van der Waals surface area contributed by atoms with E-state index < -0.39 is 0 Å². The van der Waals surface area contributed by atoms with Crippen LogP contribution < -0.4 is 14.4 Å². The van der Waals surface area contributed by atoms with Crippen LogP contribution in [-0.4, -0.2) is 26.3 Å². The summed E-state index contributed by atoms with van der Waals surface area (Å²) in [5.74, 6) is 2.31. The second-order valence-electron chi connectivity index (χ2n) is 4.59. The molecule has 0 saturated heterocycles. The highest BCUT2D eigenvalue weighted by Crippen LogP contribution is 2.24. The lowest BCUT2D eigenvalue weighted by Gasteiger charge is -2.19. The molecule has 0 amide bonds. The molecule has 2 aromatic rings. The van der Waals surface area contributed by atoms with E-state index in [1.165, 1.54) is 0 Å². The number of pyridine rings is 1. The minimum atomic E-state index is 0.551. The quantitative estimate of drug-likeness (QED) is 0.844. The predicted octanol–water partition coefficient (Wildman–Crippen LogP) is 2.61. The van der Waals surface area contributed by atoms with E-state index in [0.29, 0.717) is 12.1 Å². The fourth-order valence-corrected chi connectivity index (χ4v) is 1.99. The Morgan fingerprint density at radius 3 is 2.29 bits per heavy atom. The number of aromatic nitrogens is 1. The summed E-state index contributed by atoms with van der Waals surface area (Å²) in [6, 6.07) is 11.4. The van der Waals surface area contributed by atoms with E-state index >= 15 is 0 Å². The molecular weight excluding hydrogens is 266 g/mol. The Morgan fingerprint density at radius 2 is 1.81 bits per heavy atom. The number of rotatable bonds is 5. The first-order valence-corrected chi connectivity index (χ1v) is 6.45. The van der Waals surface area contributed by atoms with E-state index in [4.69, 9.17) is 14.7 Å². The van der Waals surface area contributed by atoms with Gasteiger partial charge in [0.2, 0.25) is 0 Å². The highest BCUT2D eigenvalue weighted by Gasteiger charge is 2.07. The number of nitrogens with zero attached hydrogens (tertiary/aromatic N) is 3. The number of anilines is 1. The fraction of sp³-hybridized carbons (Fsp3) is 0.250. The minimum absolute atomic E-state index is 0.551. The third-order valence-electron chi connectivity index (χ3n) is 3.10. The maximum Gasteiger partial charge on any atom is 0.128 e. The molecule has 0 atom stereocenters. The van der Waals surface area contributed by atoms with Gasteiger partial charge in [-0.25, -0.2) is 4.98 Å². The van der Waals surface area contributed by atoms with E-state index in [1.54, 1.807) is 26.5 Å². The van der Waals surface area contributed by atoms with E-state index in [0.717, 1.165) is 22.9 Å². The van der Waals surface area contributed by atoms with Crippen LogP contribution in [0.25, 0.3) is 0 Å². The molecule has 2 rings (SSSR count). The van der Waals surface area contributed by atoms with Crippen LogP contribution in [0.2, 0.25) is 0 Å². The standard InChI is InChI=1S/C16H17N3O2/c1-19(16-5-4-12(9-17)10-18-16)11-13-6-14(20-2)8-15(7-13)21-3/h4-8,10H,11H2,1-3H3. The van der Waals surface area contributed by atoms with Gasteiger partial charge in [-0.1, -0.05) is 0 Å². The summed E-state index contributed by atoms with van der Waals surface area (Å²) in [6.45, 7) is 0.659. The average molecular weight is 283 g/mol. The zero-order valence-corrected chi connectivity index (χ0v) is 12.3. The third kappa shape index (κ3) is 3.63. The van der Waals surface area contributed by atoms with E-state index in [2.05, 4.69) is 11.1 Å². The topological polar surface area (TPSA) is 58.4 Å². The van der Waals surface area contributed by atoms with Crippen molar-refractivity contribution in [3.63, 3.8) is 0 Å². The van der Waals surface area contributed by atoms with E-state index in [1.807, 2.05) is 36.2 Å². The molecule has 0 aliphatic rings. The van der Waals surface area contributed by atoms with Gasteiger partial charge in [0.25, 0.3) is 0 Å². The summed E-state index contributed by atoms with van der Waals surface area (Å²) in [6.07, 6.45) is 1.57. The average Bonchev–Trinajstić information content (AvgIpc) is 2.54. The minimum Gasteiger partial charge on any atom is -0.497 e. The molecule has 0 fully saturated rings. The van der Waals surface area contributed by atoms with Crippen molar-refractivity contribution in [3.8, 4) is 17.6 Å². The number of hydrogen-bond donors (Lipinski definition) is 0. The van der Waals surface area contributed by atoms with Gasteiger partial charge in [0.05, 0.1) is 19.8 Å². The Hall–Kier alpha value is -2.74. The van der Waals surface area contributed by atoms with Crippen molar-refractivity contribution in [2.75, 3.05) is 26.2 Å². The highest BCUT2D eigenvalue weighted by atomic mass is 16.5. The molecule has 108 valence electrons. The molecule has 0 N–H and O–H groups in total. The molecule has 0 aliphatic carbocycles. The Kier molecular flexibility index (Phi) is 4.62. The smallest absolute Gasteiger partial charge is 0.128 e. The predicted molar refractivity (Wildman–Crippen MR) is 80.6 cm³/mol. The Labute approximate surface area is 124 Å². The third-order valence-corrected chi connectivity index (χ3v) is 3.10. The number of benzene rings is 1. The van der Waals surface area contributed by atoms with Gasteiger partial charge < -0.3 is 14.4 Å². The second-order valence-corrected chi connectivity index (χ2v) is 4.59. The number of nitriles is 1. The Balaban J connectivity index is 2.18. The SMILES string of the molecule is COc1cc(CN(C)c2ccc(C#N)cn2)cc(OC)c1. The molecule has 0 aliphatic heterocycles. The van der Waals surface area contributed by atoms with Gasteiger partial charge in [0, 0.05) is 25.9 Å². The lowest BCUT2D eigenvalue weighted by Crippen LogP contribution is -2.17. The molecule has 5 heteroatoms. The summed E-state index contributed by atoms with van der Waals surface area (Å²) >= 11 is 0. The summed E-state index contributed by atoms with van der Waals surface area (Å²) < 4.78 is 10.5. The van der Waals surface area contributed by atoms with Crippen LogP contribution in [-0.2, 0) is 6.54 Å². The molecule has 0 unspecified atom stereocenters. The van der Waals surface area contributed by atoms with Gasteiger partial charge in [-0.05, 0) is 29.8 Å².